The Morgan fingerprint density at radius 2 is 1.60 bits per heavy atom. The topological polar surface area (TPSA) is 68.4 Å². The molecule has 2 N–H and O–H groups in total. The van der Waals surface area contributed by atoms with Crippen LogP contribution in [0, 0.1) is 0 Å². The third-order valence-corrected chi connectivity index (χ3v) is 1.91. The van der Waals surface area contributed by atoms with E-state index in [4.69, 9.17) is 33.6 Å². The van der Waals surface area contributed by atoms with Gasteiger partial charge in [-0.2, -0.15) is 0 Å². The highest BCUT2D eigenvalue weighted by Gasteiger charge is 2.14. The van der Waals surface area contributed by atoms with E-state index in [9.17, 15) is 0 Å². The van der Waals surface area contributed by atoms with Crippen LogP contribution in [-0.4, -0.2) is 51.7 Å². The zero-order chi connectivity index (χ0) is 11.0. The number of nitrogens with zero attached hydrogens (tertiary/aromatic N) is 3. The molecule has 0 bridgehead atoms. The highest BCUT2D eigenvalue weighted by molar-refractivity contribution is 6.40. The summed E-state index contributed by atoms with van der Waals surface area (Å²) in [6.07, 6.45) is 0. The predicted octanol–water partition coefficient (Wildman–Crippen LogP) is 1.83. The van der Waals surface area contributed by atoms with Crippen LogP contribution in [0.15, 0.2) is 10.3 Å². The summed E-state index contributed by atoms with van der Waals surface area (Å²) in [6, 6.07) is 0. The van der Waals surface area contributed by atoms with Crippen LogP contribution >= 0.6 is 35.6 Å². The van der Waals surface area contributed by atoms with Crippen molar-refractivity contribution in [2.45, 2.75) is 6.92 Å². The maximum Gasteiger partial charge on any atom is 0.192 e. The molecule has 0 aliphatic heterocycles. The van der Waals surface area contributed by atoms with Gasteiger partial charge in [0.05, 0.1) is 0 Å². The van der Waals surface area contributed by atoms with Crippen molar-refractivity contribution in [3.63, 3.8) is 0 Å². The second kappa shape index (κ2) is 10.1. The molecule has 0 aromatic carbocycles. The molecule has 0 atom stereocenters. The molecule has 0 fully saturated rings. The number of rotatable bonds is 5. The lowest BCUT2D eigenvalue weighted by atomic mass is 10.3. The molecule has 0 aliphatic carbocycles. The number of alkyl halides is 2. The lowest BCUT2D eigenvalue weighted by molar-refractivity contribution is 0.301. The Morgan fingerprint density at radius 3 is 1.87 bits per heavy atom. The summed E-state index contributed by atoms with van der Waals surface area (Å²) in [5, 5.41) is 23.2. The fraction of sp³-hybridized carbons (Fsp3) is 0.714. The molecule has 0 saturated carbocycles. The molecule has 0 spiro atoms. The van der Waals surface area contributed by atoms with Gasteiger partial charge in [-0.25, -0.2) is 0 Å². The SMILES string of the molecule is CC(=N\O)/C(=N\O)N(CCCl)CCCl.Cl. The molecule has 0 radical (unpaired) electrons. The Labute approximate surface area is 105 Å². The van der Waals surface area contributed by atoms with Gasteiger partial charge in [0.15, 0.2) is 5.84 Å². The number of hydrogen-bond donors (Lipinski definition) is 2. The molecule has 0 aliphatic rings. The summed E-state index contributed by atoms with van der Waals surface area (Å²) in [5.74, 6) is 0.914. The maximum absolute atomic E-state index is 8.72. The highest BCUT2D eigenvalue weighted by atomic mass is 35.5. The van der Waals surface area contributed by atoms with E-state index in [1.165, 1.54) is 6.92 Å². The lowest BCUT2D eigenvalue weighted by Gasteiger charge is -2.22. The quantitative estimate of drug-likeness (QED) is 0.265. The zero-order valence-corrected chi connectivity index (χ0v) is 10.6. The van der Waals surface area contributed by atoms with Crippen molar-refractivity contribution >= 4 is 47.2 Å². The first-order chi connectivity index (χ1) is 6.71. The van der Waals surface area contributed by atoms with Gasteiger partial charge in [-0.1, -0.05) is 10.3 Å². The highest BCUT2D eigenvalue weighted by Crippen LogP contribution is 1.97. The van der Waals surface area contributed by atoms with Gasteiger partial charge in [0.2, 0.25) is 0 Å². The van der Waals surface area contributed by atoms with Crippen molar-refractivity contribution in [2.75, 3.05) is 24.8 Å². The Hall–Kier alpha value is -0.390. The summed E-state index contributed by atoms with van der Waals surface area (Å²) in [7, 11) is 0. The molecule has 5 nitrogen and oxygen atoms in total. The largest absolute Gasteiger partial charge is 0.411 e. The van der Waals surface area contributed by atoms with E-state index < -0.39 is 0 Å². The van der Waals surface area contributed by atoms with Crippen LogP contribution in [0.2, 0.25) is 0 Å². The molecular weight excluding hydrogens is 264 g/mol. The summed E-state index contributed by atoms with van der Waals surface area (Å²) in [5.41, 5.74) is 0.211. The van der Waals surface area contributed by atoms with Gasteiger partial charge in [-0.15, -0.1) is 35.6 Å². The van der Waals surface area contributed by atoms with Crippen LogP contribution in [0.1, 0.15) is 6.92 Å². The maximum atomic E-state index is 8.72. The average Bonchev–Trinajstić information content (AvgIpc) is 2.19. The number of hydrogen-bond acceptors (Lipinski definition) is 4. The van der Waals surface area contributed by atoms with Crippen LogP contribution in [0.4, 0.5) is 0 Å². The molecule has 0 saturated heterocycles. The van der Waals surface area contributed by atoms with E-state index in [2.05, 4.69) is 10.3 Å². The van der Waals surface area contributed by atoms with Crippen LogP contribution in [0.25, 0.3) is 0 Å². The molecule has 0 rings (SSSR count). The van der Waals surface area contributed by atoms with Crippen molar-refractivity contribution < 1.29 is 10.4 Å². The van der Waals surface area contributed by atoms with E-state index in [0.717, 1.165) is 0 Å². The Balaban J connectivity index is 0. The third kappa shape index (κ3) is 5.92. The van der Waals surface area contributed by atoms with Crippen molar-refractivity contribution in [3.8, 4) is 0 Å². The van der Waals surface area contributed by atoms with E-state index in [1.807, 2.05) is 0 Å². The van der Waals surface area contributed by atoms with E-state index >= 15 is 0 Å². The first-order valence-corrected chi connectivity index (χ1v) is 5.06. The summed E-state index contributed by atoms with van der Waals surface area (Å²) in [4.78, 5) is 1.63. The van der Waals surface area contributed by atoms with Gasteiger partial charge in [0.1, 0.15) is 5.71 Å². The second-order valence-electron chi connectivity index (χ2n) is 2.47. The molecule has 0 aromatic rings. The second-order valence-corrected chi connectivity index (χ2v) is 3.23. The van der Waals surface area contributed by atoms with Crippen LogP contribution in [0.3, 0.4) is 0 Å². The average molecular weight is 279 g/mol. The minimum Gasteiger partial charge on any atom is -0.411 e. The van der Waals surface area contributed by atoms with Gasteiger partial charge in [0.25, 0.3) is 0 Å². The van der Waals surface area contributed by atoms with E-state index in [-0.39, 0.29) is 24.0 Å². The Kier molecular flexibility index (Phi) is 11.5. The molecule has 0 unspecified atom stereocenters. The van der Waals surface area contributed by atoms with Crippen LogP contribution in [-0.2, 0) is 0 Å². The lowest BCUT2D eigenvalue weighted by Crippen LogP contribution is -2.38. The van der Waals surface area contributed by atoms with E-state index in [1.54, 1.807) is 4.90 Å². The van der Waals surface area contributed by atoms with Gasteiger partial charge in [0, 0.05) is 24.8 Å². The van der Waals surface area contributed by atoms with E-state index in [0.29, 0.717) is 24.8 Å². The fourth-order valence-electron chi connectivity index (χ4n) is 0.937. The summed E-state index contributed by atoms with van der Waals surface area (Å²) < 4.78 is 0. The molecule has 15 heavy (non-hydrogen) atoms. The normalized spacial score (nSPS) is 12.2. The Bertz CT molecular complexity index is 218. The number of amidine groups is 1. The van der Waals surface area contributed by atoms with Crippen LogP contribution in [0.5, 0.6) is 0 Å². The molecule has 0 amide bonds. The van der Waals surface area contributed by atoms with Crippen molar-refractivity contribution in [1.82, 2.24) is 4.90 Å². The molecule has 8 heteroatoms. The molecule has 0 heterocycles. The summed E-state index contributed by atoms with van der Waals surface area (Å²) >= 11 is 11.1. The monoisotopic (exact) mass is 277 g/mol. The van der Waals surface area contributed by atoms with Gasteiger partial charge < -0.3 is 15.3 Å². The standard InChI is InChI=1S/C7H13Cl2N3O2.ClH/c1-6(10-13)7(11-14)12(4-2-8)5-3-9;/h13-14H,2-5H2,1H3;1H/b10-6+,11-7+;. The predicted molar refractivity (Wildman–Crippen MR) is 64.4 cm³/mol. The number of oxime groups is 2. The van der Waals surface area contributed by atoms with Gasteiger partial charge >= 0.3 is 0 Å². The third-order valence-electron chi connectivity index (χ3n) is 1.58. The summed E-state index contributed by atoms with van der Waals surface area (Å²) in [6.45, 7) is 2.46. The van der Waals surface area contributed by atoms with Crippen molar-refractivity contribution in [1.29, 1.82) is 0 Å². The Morgan fingerprint density at radius 1 is 1.13 bits per heavy atom. The molecule has 90 valence electrons. The zero-order valence-electron chi connectivity index (χ0n) is 8.23. The number of halogens is 3. The van der Waals surface area contributed by atoms with Crippen molar-refractivity contribution in [3.05, 3.63) is 0 Å². The minimum absolute atomic E-state index is 0. The fourth-order valence-corrected chi connectivity index (χ4v) is 1.34. The first-order valence-electron chi connectivity index (χ1n) is 3.99. The van der Waals surface area contributed by atoms with Crippen molar-refractivity contribution in [2.24, 2.45) is 10.3 Å². The smallest absolute Gasteiger partial charge is 0.192 e. The van der Waals surface area contributed by atoms with Crippen LogP contribution < -0.4 is 0 Å². The first kappa shape index (κ1) is 17.0. The van der Waals surface area contributed by atoms with Gasteiger partial charge in [-0.3, -0.25) is 0 Å². The van der Waals surface area contributed by atoms with Gasteiger partial charge in [-0.05, 0) is 6.92 Å². The minimum atomic E-state index is 0. The molecular formula is C7H14Cl3N3O2. The molecule has 0 aromatic heterocycles.